The predicted molar refractivity (Wildman–Crippen MR) is 41.0 cm³/mol. The average molecular weight is 330 g/mol. The molecule has 12 heteroatoms. The molecule has 122 valence electrons. The lowest BCUT2D eigenvalue weighted by molar-refractivity contribution is -0.340. The first-order valence-electron chi connectivity index (χ1n) is 4.57. The maximum Gasteiger partial charge on any atom is 0.371 e. The van der Waals surface area contributed by atoms with Crippen molar-refractivity contribution in [2.75, 3.05) is 0 Å². The van der Waals surface area contributed by atoms with Gasteiger partial charge in [0.2, 0.25) is 0 Å². The van der Waals surface area contributed by atoms with Crippen LogP contribution in [0.4, 0.5) is 52.7 Å². The van der Waals surface area contributed by atoms with Crippen LogP contribution in [-0.2, 0) is 0 Å². The molecular formula is C8H6F12. The van der Waals surface area contributed by atoms with Gasteiger partial charge in [0.1, 0.15) is 0 Å². The van der Waals surface area contributed by atoms with Crippen LogP contribution in [0.1, 0.15) is 13.3 Å². The third-order valence-corrected chi connectivity index (χ3v) is 2.22. The van der Waals surface area contributed by atoms with E-state index in [2.05, 4.69) is 0 Å². The van der Waals surface area contributed by atoms with Crippen molar-refractivity contribution in [3.8, 4) is 0 Å². The highest BCUT2D eigenvalue weighted by Gasteiger charge is 2.75. The Labute approximate surface area is 103 Å². The number of alkyl halides is 12. The Morgan fingerprint density at radius 2 is 1.05 bits per heavy atom. The van der Waals surface area contributed by atoms with Crippen LogP contribution in [-0.4, -0.2) is 36.0 Å². The van der Waals surface area contributed by atoms with Crippen molar-refractivity contribution in [1.29, 1.82) is 0 Å². The molecule has 0 aliphatic heterocycles. The molecule has 0 bridgehead atoms. The molecule has 0 N–H and O–H groups in total. The molecule has 0 aliphatic carbocycles. The molecule has 0 nitrogen and oxygen atoms in total. The number of rotatable bonds is 6. The summed E-state index contributed by atoms with van der Waals surface area (Å²) in [7, 11) is 0. The first-order valence-corrected chi connectivity index (χ1v) is 4.57. The Morgan fingerprint density at radius 3 is 1.30 bits per heavy atom. The molecule has 0 aromatic heterocycles. The molecule has 0 saturated heterocycles. The summed E-state index contributed by atoms with van der Waals surface area (Å²) in [6.45, 7) is -0.760. The minimum Gasteiger partial charge on any atom is -0.203 e. The van der Waals surface area contributed by atoms with Gasteiger partial charge in [-0.15, -0.1) is 0 Å². The number of hydrogen-bond donors (Lipinski definition) is 0. The van der Waals surface area contributed by atoms with E-state index < -0.39 is 49.4 Å². The standard InChI is InChI=1S/C8H6F12/c1-4(11,12)8(19,20)6(15,16)2-5(13,14)7(17,18)3(9)10/h3H,2H2,1H3. The van der Waals surface area contributed by atoms with Crippen molar-refractivity contribution >= 4 is 0 Å². The molecule has 0 spiro atoms. The van der Waals surface area contributed by atoms with Crippen molar-refractivity contribution in [1.82, 2.24) is 0 Å². The zero-order valence-electron chi connectivity index (χ0n) is 9.32. The minimum atomic E-state index is -6.43. The van der Waals surface area contributed by atoms with Crippen molar-refractivity contribution in [2.24, 2.45) is 0 Å². The maximum atomic E-state index is 12.7. The summed E-state index contributed by atoms with van der Waals surface area (Å²) in [6, 6.07) is 0. The van der Waals surface area contributed by atoms with Crippen molar-refractivity contribution in [3.63, 3.8) is 0 Å². The fourth-order valence-electron chi connectivity index (χ4n) is 0.988. The molecule has 0 fully saturated rings. The summed E-state index contributed by atoms with van der Waals surface area (Å²) in [5.41, 5.74) is 0. The van der Waals surface area contributed by atoms with Crippen LogP contribution in [0, 0.1) is 0 Å². The van der Waals surface area contributed by atoms with Crippen LogP contribution < -0.4 is 0 Å². The van der Waals surface area contributed by atoms with Crippen molar-refractivity contribution in [3.05, 3.63) is 0 Å². The molecule has 0 heterocycles. The summed E-state index contributed by atoms with van der Waals surface area (Å²) in [4.78, 5) is 0. The Bertz CT molecular complexity index is 338. The normalized spacial score (nSPS) is 15.9. The first kappa shape index (κ1) is 19.2. The minimum absolute atomic E-state index is 0.760. The smallest absolute Gasteiger partial charge is 0.203 e. The summed E-state index contributed by atoms with van der Waals surface area (Å²) in [5.74, 6) is -31.0. The van der Waals surface area contributed by atoms with E-state index in [1.54, 1.807) is 0 Å². The highest BCUT2D eigenvalue weighted by Crippen LogP contribution is 2.53. The Hall–Kier alpha value is -0.840. The van der Waals surface area contributed by atoms with Gasteiger partial charge >= 0.3 is 36.0 Å². The molecule has 0 saturated carbocycles. The molecule has 0 amide bonds. The van der Waals surface area contributed by atoms with Gasteiger partial charge < -0.3 is 0 Å². The number of halogens is 12. The van der Waals surface area contributed by atoms with Crippen LogP contribution in [0.5, 0.6) is 0 Å². The molecule has 0 unspecified atom stereocenters. The van der Waals surface area contributed by atoms with E-state index in [1.165, 1.54) is 0 Å². The van der Waals surface area contributed by atoms with Gasteiger partial charge in [-0.25, -0.2) is 8.78 Å². The van der Waals surface area contributed by atoms with Gasteiger partial charge in [0.05, 0.1) is 6.42 Å². The molecule has 0 radical (unpaired) electrons. The monoisotopic (exact) mass is 330 g/mol. The molecular weight excluding hydrogens is 324 g/mol. The highest BCUT2D eigenvalue weighted by molar-refractivity contribution is 5.00. The van der Waals surface area contributed by atoms with E-state index in [-0.39, 0.29) is 0 Å². The SMILES string of the molecule is CC(F)(F)C(F)(F)C(F)(F)CC(F)(F)C(F)(F)C(F)F. The van der Waals surface area contributed by atoms with E-state index in [0.717, 1.165) is 0 Å². The van der Waals surface area contributed by atoms with Gasteiger partial charge in [0.25, 0.3) is 0 Å². The van der Waals surface area contributed by atoms with Gasteiger partial charge in [-0.2, -0.15) is 43.9 Å². The molecule has 0 atom stereocenters. The number of hydrogen-bond acceptors (Lipinski definition) is 0. The quantitative estimate of drug-likeness (QED) is 0.612. The predicted octanol–water partition coefficient (Wildman–Crippen LogP) is 4.84. The van der Waals surface area contributed by atoms with E-state index in [9.17, 15) is 52.7 Å². The fraction of sp³-hybridized carbons (Fsp3) is 1.00. The van der Waals surface area contributed by atoms with Crippen LogP contribution in [0.25, 0.3) is 0 Å². The lowest BCUT2D eigenvalue weighted by atomic mass is 9.96. The van der Waals surface area contributed by atoms with Crippen LogP contribution in [0.2, 0.25) is 0 Å². The second kappa shape index (κ2) is 4.86. The first-order chi connectivity index (χ1) is 8.40. The summed E-state index contributed by atoms with van der Waals surface area (Å²) < 4.78 is 148. The molecule has 0 aliphatic rings. The van der Waals surface area contributed by atoms with E-state index in [4.69, 9.17) is 0 Å². The summed E-state index contributed by atoms with van der Waals surface area (Å²) >= 11 is 0. The molecule has 0 aromatic rings. The molecule has 0 aromatic carbocycles. The maximum absolute atomic E-state index is 12.7. The Balaban J connectivity index is 5.50. The zero-order valence-corrected chi connectivity index (χ0v) is 9.32. The Kier molecular flexibility index (Phi) is 4.66. The van der Waals surface area contributed by atoms with Crippen LogP contribution in [0.3, 0.4) is 0 Å². The summed E-state index contributed by atoms with van der Waals surface area (Å²) in [6.07, 6.45) is -9.02. The van der Waals surface area contributed by atoms with Gasteiger partial charge in [-0.3, -0.25) is 0 Å². The molecule has 0 rings (SSSR count). The lowest BCUT2D eigenvalue weighted by Crippen LogP contribution is -2.58. The average Bonchev–Trinajstić information content (AvgIpc) is 2.12. The Morgan fingerprint density at radius 1 is 0.700 bits per heavy atom. The van der Waals surface area contributed by atoms with Gasteiger partial charge in [-0.1, -0.05) is 0 Å². The van der Waals surface area contributed by atoms with Crippen LogP contribution in [0.15, 0.2) is 0 Å². The second-order valence-electron chi connectivity index (χ2n) is 3.97. The van der Waals surface area contributed by atoms with Gasteiger partial charge in [0, 0.05) is 6.92 Å². The van der Waals surface area contributed by atoms with Crippen molar-refractivity contribution < 1.29 is 52.7 Å². The molecule has 20 heavy (non-hydrogen) atoms. The van der Waals surface area contributed by atoms with E-state index in [0.29, 0.717) is 0 Å². The van der Waals surface area contributed by atoms with E-state index in [1.807, 2.05) is 0 Å². The second-order valence-corrected chi connectivity index (χ2v) is 3.97. The third-order valence-electron chi connectivity index (χ3n) is 2.22. The van der Waals surface area contributed by atoms with Gasteiger partial charge in [-0.05, 0) is 0 Å². The topological polar surface area (TPSA) is 0 Å². The van der Waals surface area contributed by atoms with Crippen molar-refractivity contribution in [2.45, 2.75) is 49.4 Å². The fourth-order valence-corrected chi connectivity index (χ4v) is 0.988. The highest BCUT2D eigenvalue weighted by atomic mass is 19.4. The summed E-state index contributed by atoms with van der Waals surface area (Å²) in [5, 5.41) is 0. The van der Waals surface area contributed by atoms with Gasteiger partial charge in [0.15, 0.2) is 0 Å². The van der Waals surface area contributed by atoms with Crippen LogP contribution >= 0.6 is 0 Å². The third kappa shape index (κ3) is 3.08. The zero-order chi connectivity index (χ0) is 16.8. The van der Waals surface area contributed by atoms with E-state index >= 15 is 0 Å². The lowest BCUT2D eigenvalue weighted by Gasteiger charge is -2.34. The largest absolute Gasteiger partial charge is 0.371 e.